The van der Waals surface area contributed by atoms with E-state index in [1.54, 1.807) is 11.8 Å². The fourth-order valence-corrected chi connectivity index (χ4v) is 3.08. The largest absolute Gasteiger partial charge is 0.346 e. The molecule has 1 aliphatic carbocycles. The average Bonchev–Trinajstić information content (AvgIpc) is 2.68. The Morgan fingerprint density at radius 2 is 2.19 bits per heavy atom. The number of nitrogens with zero attached hydrogens (tertiary/aromatic N) is 2. The monoisotopic (exact) mass is 238 g/mol. The molecule has 0 aromatic carbocycles. The highest BCUT2D eigenvalue weighted by molar-refractivity contribution is 7.11. The van der Waals surface area contributed by atoms with Crippen molar-refractivity contribution in [3.05, 3.63) is 15.6 Å². The Balaban J connectivity index is 1.95. The molecule has 0 radical (unpaired) electrons. The molecular formula is C12H18N2OS. The van der Waals surface area contributed by atoms with Crippen molar-refractivity contribution in [1.29, 1.82) is 0 Å². The molecular weight excluding hydrogens is 220 g/mol. The predicted molar refractivity (Wildman–Crippen MR) is 65.8 cm³/mol. The van der Waals surface area contributed by atoms with Gasteiger partial charge in [-0.3, -0.25) is 4.79 Å². The van der Waals surface area contributed by atoms with E-state index in [-0.39, 0.29) is 5.91 Å². The van der Waals surface area contributed by atoms with Crippen LogP contribution in [-0.4, -0.2) is 29.4 Å². The first kappa shape index (κ1) is 11.6. The van der Waals surface area contributed by atoms with Crippen LogP contribution >= 0.6 is 11.3 Å². The van der Waals surface area contributed by atoms with Gasteiger partial charge in [-0.25, -0.2) is 4.98 Å². The van der Waals surface area contributed by atoms with Crippen molar-refractivity contribution < 1.29 is 4.79 Å². The van der Waals surface area contributed by atoms with Gasteiger partial charge >= 0.3 is 0 Å². The highest BCUT2D eigenvalue weighted by Gasteiger charge is 2.15. The van der Waals surface area contributed by atoms with Crippen molar-refractivity contribution in [3.63, 3.8) is 0 Å². The maximum atomic E-state index is 11.1. The Labute approximate surface area is 100 Å². The highest BCUT2D eigenvalue weighted by atomic mass is 32.1. The summed E-state index contributed by atoms with van der Waals surface area (Å²) >= 11 is 1.84. The van der Waals surface area contributed by atoms with Crippen LogP contribution in [0, 0.1) is 0 Å². The molecule has 0 saturated heterocycles. The van der Waals surface area contributed by atoms with E-state index >= 15 is 0 Å². The molecule has 0 saturated carbocycles. The van der Waals surface area contributed by atoms with Gasteiger partial charge in [-0.2, -0.15) is 0 Å². The number of rotatable bonds is 3. The van der Waals surface area contributed by atoms with Gasteiger partial charge in [0.05, 0.1) is 10.7 Å². The lowest BCUT2D eigenvalue weighted by Crippen LogP contribution is -2.26. The van der Waals surface area contributed by atoms with Gasteiger partial charge in [-0.1, -0.05) is 0 Å². The van der Waals surface area contributed by atoms with E-state index in [0.717, 1.165) is 19.4 Å². The number of fused-ring (bicyclic) bond motifs is 1. The molecule has 0 fully saturated rings. The molecule has 16 heavy (non-hydrogen) atoms. The van der Waals surface area contributed by atoms with Crippen LogP contribution < -0.4 is 0 Å². The molecule has 1 amide bonds. The third-order valence-corrected chi connectivity index (χ3v) is 4.31. The van der Waals surface area contributed by atoms with Gasteiger partial charge in [0.25, 0.3) is 0 Å². The molecule has 4 heteroatoms. The minimum Gasteiger partial charge on any atom is -0.346 e. The van der Waals surface area contributed by atoms with Crippen LogP contribution in [0.25, 0.3) is 0 Å². The van der Waals surface area contributed by atoms with Crippen molar-refractivity contribution in [1.82, 2.24) is 9.88 Å². The molecule has 1 aliphatic rings. The van der Waals surface area contributed by atoms with E-state index in [1.807, 2.05) is 18.4 Å². The second kappa shape index (κ2) is 4.95. The Kier molecular flexibility index (Phi) is 3.59. The molecule has 0 N–H and O–H groups in total. The van der Waals surface area contributed by atoms with Crippen LogP contribution in [0.1, 0.15) is 35.3 Å². The Hall–Kier alpha value is -0.900. The van der Waals surface area contributed by atoms with E-state index < -0.39 is 0 Å². The highest BCUT2D eigenvalue weighted by Crippen LogP contribution is 2.26. The lowest BCUT2D eigenvalue weighted by molar-refractivity contribution is -0.127. The summed E-state index contributed by atoms with van der Waals surface area (Å²) in [7, 11) is 1.84. The maximum absolute atomic E-state index is 11.1. The number of hydrogen-bond donors (Lipinski definition) is 0. The van der Waals surface area contributed by atoms with Crippen molar-refractivity contribution in [2.75, 3.05) is 13.6 Å². The van der Waals surface area contributed by atoms with Crippen LogP contribution in [0.15, 0.2) is 0 Å². The van der Waals surface area contributed by atoms with Gasteiger partial charge in [0, 0.05) is 31.8 Å². The standard InChI is InChI=1S/C12H18N2OS/c1-9(15)14(2)8-7-12-13-10-5-3-4-6-11(10)16-12/h3-8H2,1-2H3. The van der Waals surface area contributed by atoms with Crippen LogP contribution in [0.3, 0.4) is 0 Å². The van der Waals surface area contributed by atoms with Gasteiger partial charge in [0.15, 0.2) is 0 Å². The fraction of sp³-hybridized carbons (Fsp3) is 0.667. The maximum Gasteiger partial charge on any atom is 0.219 e. The van der Waals surface area contributed by atoms with Gasteiger partial charge in [0.2, 0.25) is 5.91 Å². The van der Waals surface area contributed by atoms with E-state index in [1.165, 1.54) is 34.8 Å². The minimum atomic E-state index is 0.126. The number of likely N-dealkylation sites (N-methyl/N-ethyl adjacent to an activating group) is 1. The van der Waals surface area contributed by atoms with Crippen molar-refractivity contribution >= 4 is 17.2 Å². The predicted octanol–water partition coefficient (Wildman–Crippen LogP) is 2.04. The molecule has 3 nitrogen and oxygen atoms in total. The second-order valence-electron chi connectivity index (χ2n) is 4.38. The van der Waals surface area contributed by atoms with Crippen LogP contribution in [-0.2, 0) is 24.1 Å². The summed E-state index contributed by atoms with van der Waals surface area (Å²) in [6, 6.07) is 0. The summed E-state index contributed by atoms with van der Waals surface area (Å²) in [6.07, 6.45) is 5.84. The zero-order chi connectivity index (χ0) is 11.5. The zero-order valence-electron chi connectivity index (χ0n) is 9.95. The van der Waals surface area contributed by atoms with E-state index in [0.29, 0.717) is 0 Å². The summed E-state index contributed by atoms with van der Waals surface area (Å²) < 4.78 is 0. The van der Waals surface area contributed by atoms with Crippen LogP contribution in [0.4, 0.5) is 0 Å². The first-order chi connectivity index (χ1) is 7.66. The number of hydrogen-bond acceptors (Lipinski definition) is 3. The second-order valence-corrected chi connectivity index (χ2v) is 5.54. The summed E-state index contributed by atoms with van der Waals surface area (Å²) in [5.41, 5.74) is 1.32. The molecule has 0 spiro atoms. The number of thiazole rings is 1. The van der Waals surface area contributed by atoms with Crippen molar-refractivity contribution in [2.45, 2.75) is 39.0 Å². The van der Waals surface area contributed by atoms with Crippen LogP contribution in [0.5, 0.6) is 0 Å². The minimum absolute atomic E-state index is 0.126. The number of carbonyl (C=O) groups excluding carboxylic acids is 1. The smallest absolute Gasteiger partial charge is 0.219 e. The molecule has 0 bridgehead atoms. The zero-order valence-corrected chi connectivity index (χ0v) is 10.8. The van der Waals surface area contributed by atoms with E-state index in [4.69, 9.17) is 0 Å². The summed E-state index contributed by atoms with van der Waals surface area (Å²) in [5.74, 6) is 0.126. The van der Waals surface area contributed by atoms with Crippen molar-refractivity contribution in [3.8, 4) is 0 Å². The number of carbonyl (C=O) groups is 1. The molecule has 1 heterocycles. The molecule has 0 aliphatic heterocycles. The summed E-state index contributed by atoms with van der Waals surface area (Å²) in [6.45, 7) is 2.38. The third-order valence-electron chi connectivity index (χ3n) is 3.09. The van der Waals surface area contributed by atoms with E-state index in [2.05, 4.69) is 4.98 Å². The normalized spacial score (nSPS) is 14.6. The summed E-state index contributed by atoms with van der Waals surface area (Å²) in [4.78, 5) is 19.0. The Morgan fingerprint density at radius 3 is 2.88 bits per heavy atom. The van der Waals surface area contributed by atoms with E-state index in [9.17, 15) is 4.79 Å². The topological polar surface area (TPSA) is 33.2 Å². The van der Waals surface area contributed by atoms with Gasteiger partial charge < -0.3 is 4.90 Å². The van der Waals surface area contributed by atoms with Crippen LogP contribution in [0.2, 0.25) is 0 Å². The lowest BCUT2D eigenvalue weighted by atomic mass is 10.0. The molecule has 0 unspecified atom stereocenters. The van der Waals surface area contributed by atoms with Gasteiger partial charge in [-0.15, -0.1) is 11.3 Å². The molecule has 0 atom stereocenters. The molecule has 2 rings (SSSR count). The SMILES string of the molecule is CC(=O)N(C)CCc1nc2c(s1)CCCC2. The number of amides is 1. The number of aromatic nitrogens is 1. The average molecular weight is 238 g/mol. The first-order valence-corrected chi connectivity index (χ1v) is 6.67. The first-order valence-electron chi connectivity index (χ1n) is 5.86. The molecule has 1 aromatic heterocycles. The number of aryl methyl sites for hydroxylation is 2. The molecule has 1 aromatic rings. The Morgan fingerprint density at radius 1 is 1.44 bits per heavy atom. The summed E-state index contributed by atoms with van der Waals surface area (Å²) in [5, 5.41) is 1.19. The molecule has 88 valence electrons. The Bertz CT molecular complexity index is 363. The van der Waals surface area contributed by atoms with Crippen molar-refractivity contribution in [2.24, 2.45) is 0 Å². The third kappa shape index (κ3) is 2.61. The quantitative estimate of drug-likeness (QED) is 0.807. The fourth-order valence-electron chi connectivity index (χ4n) is 1.93. The van der Waals surface area contributed by atoms with Gasteiger partial charge in [-0.05, 0) is 25.7 Å². The lowest BCUT2D eigenvalue weighted by Gasteiger charge is -2.12. The van der Waals surface area contributed by atoms with Gasteiger partial charge in [0.1, 0.15) is 0 Å².